The summed E-state index contributed by atoms with van der Waals surface area (Å²) in [6.07, 6.45) is 1.91. The van der Waals surface area contributed by atoms with Crippen LogP contribution in [0.5, 0.6) is 0 Å². The van der Waals surface area contributed by atoms with Crippen LogP contribution in [0.15, 0.2) is 36.5 Å². The van der Waals surface area contributed by atoms with E-state index in [2.05, 4.69) is 10.3 Å². The van der Waals surface area contributed by atoms with Gasteiger partial charge >= 0.3 is 5.69 Å². The molecule has 1 aliphatic rings. The van der Waals surface area contributed by atoms with Crippen LogP contribution in [-0.2, 0) is 16.6 Å². The number of rotatable bonds is 5. The lowest BCUT2D eigenvalue weighted by atomic mass is 10.2. The van der Waals surface area contributed by atoms with E-state index in [0.29, 0.717) is 18.7 Å². The first-order valence-corrected chi connectivity index (χ1v) is 9.40. The Morgan fingerprint density at radius 2 is 2.19 bits per heavy atom. The molecule has 3 rings (SSSR count). The minimum absolute atomic E-state index is 0.00625. The van der Waals surface area contributed by atoms with Gasteiger partial charge in [0, 0.05) is 19.3 Å². The SMILES string of the molecule is N#Cc1ccnc(NCc2cccc(N3CCCS3(=O)=O)c2)c1[N+](=O)[O-]. The second-order valence-electron chi connectivity index (χ2n) is 5.69. The quantitative estimate of drug-likeness (QED) is 0.627. The number of nitriles is 1. The van der Waals surface area contributed by atoms with Gasteiger partial charge in [-0.3, -0.25) is 14.4 Å². The first-order chi connectivity index (χ1) is 12.4. The first-order valence-electron chi connectivity index (χ1n) is 7.79. The summed E-state index contributed by atoms with van der Waals surface area (Å²) >= 11 is 0. The zero-order valence-electron chi connectivity index (χ0n) is 13.6. The lowest BCUT2D eigenvalue weighted by Crippen LogP contribution is -2.25. The Labute approximate surface area is 150 Å². The minimum atomic E-state index is -3.28. The highest BCUT2D eigenvalue weighted by molar-refractivity contribution is 7.93. The maximum Gasteiger partial charge on any atom is 0.328 e. The van der Waals surface area contributed by atoms with E-state index < -0.39 is 14.9 Å². The van der Waals surface area contributed by atoms with Gasteiger partial charge in [-0.1, -0.05) is 12.1 Å². The van der Waals surface area contributed by atoms with Crippen LogP contribution in [0.3, 0.4) is 0 Å². The average molecular weight is 373 g/mol. The maximum absolute atomic E-state index is 12.0. The normalized spacial score (nSPS) is 15.4. The van der Waals surface area contributed by atoms with Gasteiger partial charge in [0.25, 0.3) is 0 Å². The Hall–Kier alpha value is -3.19. The molecule has 1 aromatic carbocycles. The molecule has 0 bridgehead atoms. The van der Waals surface area contributed by atoms with Crippen molar-refractivity contribution in [2.45, 2.75) is 13.0 Å². The third-order valence-corrected chi connectivity index (χ3v) is 5.85. The van der Waals surface area contributed by atoms with E-state index in [4.69, 9.17) is 5.26 Å². The number of sulfonamides is 1. The number of pyridine rings is 1. The van der Waals surface area contributed by atoms with Gasteiger partial charge in [0.1, 0.15) is 11.6 Å². The molecule has 0 saturated carbocycles. The third kappa shape index (κ3) is 3.43. The van der Waals surface area contributed by atoms with Crippen molar-refractivity contribution in [3.05, 3.63) is 57.8 Å². The number of anilines is 2. The Balaban J connectivity index is 1.83. The van der Waals surface area contributed by atoms with Gasteiger partial charge in [0.15, 0.2) is 0 Å². The van der Waals surface area contributed by atoms with E-state index in [9.17, 15) is 18.5 Å². The van der Waals surface area contributed by atoms with E-state index in [0.717, 1.165) is 5.56 Å². The summed E-state index contributed by atoms with van der Waals surface area (Å²) in [5.74, 6) is 0.125. The zero-order chi connectivity index (χ0) is 18.7. The zero-order valence-corrected chi connectivity index (χ0v) is 14.4. The molecule has 0 unspecified atom stereocenters. The highest BCUT2D eigenvalue weighted by atomic mass is 32.2. The number of nitrogens with zero attached hydrogens (tertiary/aromatic N) is 4. The summed E-state index contributed by atoms with van der Waals surface area (Å²) in [4.78, 5) is 14.5. The average Bonchev–Trinajstić information content (AvgIpc) is 2.98. The van der Waals surface area contributed by atoms with Crippen LogP contribution in [0.2, 0.25) is 0 Å². The predicted molar refractivity (Wildman–Crippen MR) is 95.1 cm³/mol. The number of hydrogen-bond donors (Lipinski definition) is 1. The van der Waals surface area contributed by atoms with Crippen molar-refractivity contribution in [3.8, 4) is 6.07 Å². The molecule has 1 N–H and O–H groups in total. The monoisotopic (exact) mass is 373 g/mol. The second kappa shape index (κ2) is 6.97. The number of nitro groups is 1. The third-order valence-electron chi connectivity index (χ3n) is 3.99. The molecule has 0 radical (unpaired) electrons. The van der Waals surface area contributed by atoms with Crippen LogP contribution in [-0.4, -0.2) is 30.6 Å². The Kier molecular flexibility index (Phi) is 4.73. The van der Waals surface area contributed by atoms with Crippen molar-refractivity contribution in [2.24, 2.45) is 0 Å². The molecule has 134 valence electrons. The molecule has 1 fully saturated rings. The molecule has 0 spiro atoms. The molecule has 1 aliphatic heterocycles. The molecule has 2 heterocycles. The van der Waals surface area contributed by atoms with Crippen molar-refractivity contribution in [1.29, 1.82) is 5.26 Å². The summed E-state index contributed by atoms with van der Waals surface area (Å²) in [5, 5.41) is 23.1. The maximum atomic E-state index is 12.0. The van der Waals surface area contributed by atoms with E-state index >= 15 is 0 Å². The molecule has 1 saturated heterocycles. The predicted octanol–water partition coefficient (Wildman–Crippen LogP) is 2.01. The summed E-state index contributed by atoms with van der Waals surface area (Å²) < 4.78 is 25.4. The number of nitrogens with one attached hydrogen (secondary N) is 1. The lowest BCUT2D eigenvalue weighted by Gasteiger charge is -2.17. The van der Waals surface area contributed by atoms with Crippen LogP contribution in [0, 0.1) is 21.4 Å². The molecular formula is C16H15N5O4S. The van der Waals surface area contributed by atoms with Gasteiger partial charge in [0.05, 0.1) is 16.4 Å². The largest absolute Gasteiger partial charge is 0.360 e. The van der Waals surface area contributed by atoms with Crippen molar-refractivity contribution in [2.75, 3.05) is 21.9 Å². The fourth-order valence-corrected chi connectivity index (χ4v) is 4.35. The molecule has 0 amide bonds. The molecule has 10 heteroatoms. The van der Waals surface area contributed by atoms with Crippen molar-refractivity contribution in [3.63, 3.8) is 0 Å². The molecule has 26 heavy (non-hydrogen) atoms. The van der Waals surface area contributed by atoms with Crippen molar-refractivity contribution < 1.29 is 13.3 Å². The van der Waals surface area contributed by atoms with Crippen LogP contribution >= 0.6 is 0 Å². The highest BCUT2D eigenvalue weighted by Crippen LogP contribution is 2.27. The van der Waals surface area contributed by atoms with Crippen LogP contribution in [0.4, 0.5) is 17.2 Å². The standard InChI is InChI=1S/C16H15N5O4S/c17-10-13-5-6-18-16(15(13)21(22)23)19-11-12-3-1-4-14(9-12)20-7-2-8-26(20,24)25/h1,3-6,9H,2,7-8,11H2,(H,18,19). The Morgan fingerprint density at radius 1 is 1.38 bits per heavy atom. The van der Waals surface area contributed by atoms with Gasteiger partial charge in [-0.25, -0.2) is 13.4 Å². The van der Waals surface area contributed by atoms with E-state index in [1.807, 2.05) is 0 Å². The number of benzene rings is 1. The molecule has 0 atom stereocenters. The highest BCUT2D eigenvalue weighted by Gasteiger charge is 2.28. The van der Waals surface area contributed by atoms with E-state index in [1.54, 1.807) is 30.3 Å². The number of hydrogen-bond acceptors (Lipinski definition) is 7. The molecular weight excluding hydrogens is 358 g/mol. The van der Waals surface area contributed by atoms with E-state index in [1.165, 1.54) is 16.6 Å². The number of aromatic nitrogens is 1. The fourth-order valence-electron chi connectivity index (χ4n) is 2.80. The summed E-state index contributed by atoms with van der Waals surface area (Å²) in [5.41, 5.74) is 0.843. The summed E-state index contributed by atoms with van der Waals surface area (Å²) in [6, 6.07) is 9.99. The van der Waals surface area contributed by atoms with Gasteiger partial charge in [-0.15, -0.1) is 0 Å². The van der Waals surface area contributed by atoms with Gasteiger partial charge in [0.2, 0.25) is 15.8 Å². The van der Waals surface area contributed by atoms with Crippen LogP contribution < -0.4 is 9.62 Å². The minimum Gasteiger partial charge on any atom is -0.360 e. The first kappa shape index (κ1) is 17.6. The summed E-state index contributed by atoms with van der Waals surface area (Å²) in [7, 11) is -3.28. The topological polar surface area (TPSA) is 129 Å². The molecule has 9 nitrogen and oxygen atoms in total. The Morgan fingerprint density at radius 3 is 2.85 bits per heavy atom. The summed E-state index contributed by atoms with van der Waals surface area (Å²) in [6.45, 7) is 0.640. The molecule has 0 aliphatic carbocycles. The fraction of sp³-hybridized carbons (Fsp3) is 0.250. The van der Waals surface area contributed by atoms with Crippen LogP contribution in [0.25, 0.3) is 0 Å². The molecule has 2 aromatic rings. The van der Waals surface area contributed by atoms with Crippen LogP contribution in [0.1, 0.15) is 17.5 Å². The van der Waals surface area contributed by atoms with Gasteiger partial charge < -0.3 is 5.32 Å². The Bertz CT molecular complexity index is 1000. The van der Waals surface area contributed by atoms with Crippen molar-refractivity contribution in [1.82, 2.24) is 4.98 Å². The van der Waals surface area contributed by atoms with Crippen molar-refractivity contribution >= 4 is 27.2 Å². The molecule has 1 aromatic heterocycles. The smallest absolute Gasteiger partial charge is 0.328 e. The van der Waals surface area contributed by atoms with E-state index in [-0.39, 0.29) is 29.4 Å². The van der Waals surface area contributed by atoms with Gasteiger partial charge in [-0.2, -0.15) is 5.26 Å². The van der Waals surface area contributed by atoms with Gasteiger partial charge in [-0.05, 0) is 30.2 Å². The second-order valence-corrected chi connectivity index (χ2v) is 7.70. The lowest BCUT2D eigenvalue weighted by molar-refractivity contribution is -0.384.